The molecule has 3 aromatic rings. The molecule has 0 saturated carbocycles. The molecule has 7 heteroatoms. The Labute approximate surface area is 157 Å². The van der Waals surface area contributed by atoms with Gasteiger partial charge in [-0.15, -0.1) is 10.2 Å². The molecule has 0 aliphatic carbocycles. The van der Waals surface area contributed by atoms with Crippen molar-refractivity contribution in [1.29, 1.82) is 0 Å². The van der Waals surface area contributed by atoms with Crippen LogP contribution in [-0.4, -0.2) is 38.4 Å². The highest BCUT2D eigenvalue weighted by atomic mass is 32.2. The Bertz CT molecular complexity index is 831. The Morgan fingerprint density at radius 1 is 1.19 bits per heavy atom. The molecule has 0 fully saturated rings. The Hall–Kier alpha value is -2.54. The van der Waals surface area contributed by atoms with E-state index in [4.69, 9.17) is 4.42 Å². The summed E-state index contributed by atoms with van der Waals surface area (Å²) in [5, 5.41) is 9.37. The lowest BCUT2D eigenvalue weighted by Crippen LogP contribution is -2.27. The highest BCUT2D eigenvalue weighted by molar-refractivity contribution is 7.99. The quantitative estimate of drug-likeness (QED) is 0.570. The molecule has 0 saturated heterocycles. The van der Waals surface area contributed by atoms with Gasteiger partial charge in [0.2, 0.25) is 5.91 Å². The van der Waals surface area contributed by atoms with Crippen molar-refractivity contribution in [2.24, 2.45) is 0 Å². The van der Waals surface area contributed by atoms with Crippen LogP contribution in [0, 0.1) is 0 Å². The molecule has 26 heavy (non-hydrogen) atoms. The second-order valence-corrected chi connectivity index (χ2v) is 6.87. The predicted molar refractivity (Wildman–Crippen MR) is 101 cm³/mol. The molecule has 0 bridgehead atoms. The minimum absolute atomic E-state index is 0.0293. The zero-order valence-corrected chi connectivity index (χ0v) is 15.8. The van der Waals surface area contributed by atoms with Crippen LogP contribution in [0.25, 0.3) is 0 Å². The van der Waals surface area contributed by atoms with E-state index in [1.54, 1.807) is 18.2 Å². The number of hydrogen-bond donors (Lipinski definition) is 0. The number of carbonyl (C=O) groups excluding carboxylic acids is 1. The van der Waals surface area contributed by atoms with Crippen LogP contribution in [0.15, 0.2) is 58.3 Å². The normalized spacial score (nSPS) is 10.8. The van der Waals surface area contributed by atoms with Crippen molar-refractivity contribution in [3.05, 3.63) is 65.9 Å². The molecule has 2 heterocycles. The van der Waals surface area contributed by atoms with Crippen molar-refractivity contribution in [1.82, 2.24) is 19.7 Å². The van der Waals surface area contributed by atoms with Crippen molar-refractivity contribution in [3.63, 3.8) is 0 Å². The molecule has 136 valence electrons. The zero-order valence-electron chi connectivity index (χ0n) is 15.0. The summed E-state index contributed by atoms with van der Waals surface area (Å²) in [5.41, 5.74) is 1.19. The molecular weight excluding hydrogens is 348 g/mol. The van der Waals surface area contributed by atoms with Crippen molar-refractivity contribution in [2.45, 2.75) is 31.6 Å². The zero-order chi connectivity index (χ0) is 18.4. The summed E-state index contributed by atoms with van der Waals surface area (Å²) in [6, 6.07) is 13.9. The first-order valence-electron chi connectivity index (χ1n) is 8.52. The number of nitrogens with zero attached hydrogens (tertiary/aromatic N) is 4. The lowest BCUT2D eigenvalue weighted by Gasteiger charge is -2.15. The Balaban J connectivity index is 1.60. The highest BCUT2D eigenvalue weighted by Gasteiger charge is 2.16. The molecule has 0 spiro atoms. The number of benzene rings is 1. The number of thioether (sulfide) groups is 1. The Kier molecular flexibility index (Phi) is 6.12. The monoisotopic (exact) mass is 370 g/mol. The van der Waals surface area contributed by atoms with E-state index >= 15 is 0 Å². The summed E-state index contributed by atoms with van der Waals surface area (Å²) in [6.45, 7) is 3.30. The van der Waals surface area contributed by atoms with E-state index in [-0.39, 0.29) is 5.91 Å². The maximum Gasteiger partial charge on any atom is 0.233 e. The topological polar surface area (TPSA) is 64.2 Å². The van der Waals surface area contributed by atoms with Gasteiger partial charge in [0.05, 0.1) is 18.6 Å². The van der Waals surface area contributed by atoms with E-state index in [0.717, 1.165) is 29.7 Å². The van der Waals surface area contributed by atoms with Crippen molar-refractivity contribution in [2.75, 3.05) is 12.8 Å². The number of amides is 1. The fourth-order valence-electron chi connectivity index (χ4n) is 2.61. The largest absolute Gasteiger partial charge is 0.467 e. The first kappa shape index (κ1) is 18.3. The molecule has 0 unspecified atom stereocenters. The molecule has 1 aromatic carbocycles. The van der Waals surface area contributed by atoms with Gasteiger partial charge in [0.25, 0.3) is 0 Å². The summed E-state index contributed by atoms with van der Waals surface area (Å²) >= 11 is 1.42. The van der Waals surface area contributed by atoms with Gasteiger partial charge in [0.15, 0.2) is 5.16 Å². The van der Waals surface area contributed by atoms with Crippen LogP contribution in [0.2, 0.25) is 0 Å². The van der Waals surface area contributed by atoms with E-state index in [9.17, 15) is 4.79 Å². The standard InChI is InChI=1S/C19H22N4O2S/c1-3-23-17(12-15-8-5-4-6-9-15)20-21-19(23)26-14-18(24)22(2)13-16-10-7-11-25-16/h4-11H,3,12-14H2,1-2H3. The van der Waals surface area contributed by atoms with Crippen LogP contribution in [0.5, 0.6) is 0 Å². The van der Waals surface area contributed by atoms with Crippen molar-refractivity contribution >= 4 is 17.7 Å². The summed E-state index contributed by atoms with van der Waals surface area (Å²) in [5.74, 6) is 2.03. The number of aromatic nitrogens is 3. The third-order valence-electron chi connectivity index (χ3n) is 4.04. The van der Waals surface area contributed by atoms with Gasteiger partial charge < -0.3 is 13.9 Å². The predicted octanol–water partition coefficient (Wildman–Crippen LogP) is 3.23. The molecule has 0 aliphatic rings. The van der Waals surface area contributed by atoms with Crippen molar-refractivity contribution in [3.8, 4) is 0 Å². The first-order valence-corrected chi connectivity index (χ1v) is 9.51. The average molecular weight is 370 g/mol. The van der Waals surface area contributed by atoms with Crippen LogP contribution in [-0.2, 0) is 24.3 Å². The van der Waals surface area contributed by atoms with E-state index in [1.807, 2.05) is 30.3 Å². The molecule has 3 rings (SSSR count). The fourth-order valence-corrected chi connectivity index (χ4v) is 3.58. The lowest BCUT2D eigenvalue weighted by molar-refractivity contribution is -0.127. The van der Waals surface area contributed by atoms with Crippen LogP contribution in [0.4, 0.5) is 0 Å². The van der Waals surface area contributed by atoms with Gasteiger partial charge in [-0.25, -0.2) is 0 Å². The van der Waals surface area contributed by atoms with E-state index < -0.39 is 0 Å². The molecular formula is C19H22N4O2S. The third-order valence-corrected chi connectivity index (χ3v) is 4.99. The Morgan fingerprint density at radius 3 is 2.69 bits per heavy atom. The second kappa shape index (κ2) is 8.71. The summed E-state index contributed by atoms with van der Waals surface area (Å²) in [6.07, 6.45) is 2.34. The molecule has 1 amide bonds. The molecule has 0 atom stereocenters. The van der Waals surface area contributed by atoms with Gasteiger partial charge in [-0.3, -0.25) is 4.79 Å². The van der Waals surface area contributed by atoms with Gasteiger partial charge >= 0.3 is 0 Å². The summed E-state index contributed by atoms with van der Waals surface area (Å²) < 4.78 is 7.35. The van der Waals surface area contributed by atoms with Crippen LogP contribution >= 0.6 is 11.8 Å². The summed E-state index contributed by atoms with van der Waals surface area (Å²) in [7, 11) is 1.77. The molecule has 0 aliphatic heterocycles. The van der Waals surface area contributed by atoms with E-state index in [2.05, 4.69) is 33.8 Å². The number of rotatable bonds is 8. The minimum atomic E-state index is 0.0293. The van der Waals surface area contributed by atoms with Gasteiger partial charge in [-0.2, -0.15) is 0 Å². The number of carbonyl (C=O) groups is 1. The van der Waals surface area contributed by atoms with Gasteiger partial charge in [-0.05, 0) is 24.6 Å². The maximum atomic E-state index is 12.3. The van der Waals surface area contributed by atoms with Gasteiger partial charge in [-0.1, -0.05) is 42.1 Å². The maximum absolute atomic E-state index is 12.3. The minimum Gasteiger partial charge on any atom is -0.467 e. The second-order valence-electron chi connectivity index (χ2n) is 5.92. The van der Waals surface area contributed by atoms with Crippen LogP contribution in [0.1, 0.15) is 24.1 Å². The Morgan fingerprint density at radius 2 is 2.00 bits per heavy atom. The first-order chi connectivity index (χ1) is 12.7. The highest BCUT2D eigenvalue weighted by Crippen LogP contribution is 2.19. The SMILES string of the molecule is CCn1c(Cc2ccccc2)nnc1SCC(=O)N(C)Cc1ccco1. The van der Waals surface area contributed by atoms with Gasteiger partial charge in [0, 0.05) is 20.0 Å². The van der Waals surface area contributed by atoms with E-state index in [1.165, 1.54) is 17.3 Å². The van der Waals surface area contributed by atoms with Crippen LogP contribution < -0.4 is 0 Å². The third kappa shape index (κ3) is 4.54. The number of hydrogen-bond acceptors (Lipinski definition) is 5. The average Bonchev–Trinajstić information content (AvgIpc) is 3.30. The van der Waals surface area contributed by atoms with Crippen LogP contribution in [0.3, 0.4) is 0 Å². The van der Waals surface area contributed by atoms with Gasteiger partial charge in [0.1, 0.15) is 11.6 Å². The molecule has 6 nitrogen and oxygen atoms in total. The number of furan rings is 1. The smallest absolute Gasteiger partial charge is 0.233 e. The molecule has 0 N–H and O–H groups in total. The van der Waals surface area contributed by atoms with Crippen molar-refractivity contribution < 1.29 is 9.21 Å². The fraction of sp³-hybridized carbons (Fsp3) is 0.316. The lowest BCUT2D eigenvalue weighted by atomic mass is 10.1. The molecule has 2 aromatic heterocycles. The van der Waals surface area contributed by atoms with E-state index in [0.29, 0.717) is 12.3 Å². The summed E-state index contributed by atoms with van der Waals surface area (Å²) in [4.78, 5) is 14.0. The molecule has 0 radical (unpaired) electrons.